The van der Waals surface area contributed by atoms with E-state index < -0.39 is 18.1 Å². The SMILES string of the molecule is CC(C)(C)C(N)C(=O)N1CCC[C@H]1C(=O)O. The fourth-order valence-corrected chi connectivity index (χ4v) is 1.84. The number of rotatable bonds is 2. The van der Waals surface area contributed by atoms with E-state index >= 15 is 0 Å². The first-order valence-electron chi connectivity index (χ1n) is 5.54. The third-order valence-electron chi connectivity index (χ3n) is 3.02. The van der Waals surface area contributed by atoms with Crippen LogP contribution in [0.25, 0.3) is 0 Å². The van der Waals surface area contributed by atoms with Crippen LogP contribution in [-0.2, 0) is 9.59 Å². The molecule has 1 aliphatic rings. The Morgan fingerprint density at radius 3 is 2.44 bits per heavy atom. The Balaban J connectivity index is 2.77. The normalized spacial score (nSPS) is 23.2. The predicted molar refractivity (Wildman–Crippen MR) is 59.8 cm³/mol. The van der Waals surface area contributed by atoms with Crippen molar-refractivity contribution in [2.45, 2.75) is 45.7 Å². The smallest absolute Gasteiger partial charge is 0.326 e. The number of nitrogens with zero attached hydrogens (tertiary/aromatic N) is 1. The summed E-state index contributed by atoms with van der Waals surface area (Å²) in [5, 5.41) is 8.98. The lowest BCUT2D eigenvalue weighted by molar-refractivity contribution is -0.149. The first-order valence-corrected chi connectivity index (χ1v) is 5.54. The average molecular weight is 228 g/mol. The molecule has 1 fully saturated rings. The molecule has 1 rings (SSSR count). The molecule has 16 heavy (non-hydrogen) atoms. The molecule has 0 radical (unpaired) electrons. The summed E-state index contributed by atoms with van der Waals surface area (Å²) in [7, 11) is 0. The van der Waals surface area contributed by atoms with Gasteiger partial charge < -0.3 is 15.7 Å². The second-order valence-corrected chi connectivity index (χ2v) is 5.37. The summed E-state index contributed by atoms with van der Waals surface area (Å²) < 4.78 is 0. The molecule has 0 aromatic heterocycles. The number of aliphatic carboxylic acids is 1. The van der Waals surface area contributed by atoms with E-state index in [1.807, 2.05) is 20.8 Å². The van der Waals surface area contributed by atoms with Crippen LogP contribution in [0.15, 0.2) is 0 Å². The quantitative estimate of drug-likeness (QED) is 0.718. The highest BCUT2D eigenvalue weighted by molar-refractivity contribution is 5.87. The molecule has 0 bridgehead atoms. The maximum Gasteiger partial charge on any atom is 0.326 e. The third-order valence-corrected chi connectivity index (χ3v) is 3.02. The van der Waals surface area contributed by atoms with E-state index in [9.17, 15) is 9.59 Å². The summed E-state index contributed by atoms with van der Waals surface area (Å²) in [4.78, 5) is 24.4. The predicted octanol–water partition coefficient (Wildman–Crippen LogP) is 0.435. The largest absolute Gasteiger partial charge is 0.480 e. The van der Waals surface area contributed by atoms with E-state index in [1.54, 1.807) is 0 Å². The Labute approximate surface area is 95.6 Å². The summed E-state index contributed by atoms with van der Waals surface area (Å²) in [6, 6.07) is -1.34. The highest BCUT2D eigenvalue weighted by Gasteiger charge is 2.39. The summed E-state index contributed by atoms with van der Waals surface area (Å²) >= 11 is 0. The number of amides is 1. The first kappa shape index (κ1) is 13.0. The van der Waals surface area contributed by atoms with Crippen molar-refractivity contribution in [2.75, 3.05) is 6.54 Å². The number of carbonyl (C=O) groups excluding carboxylic acids is 1. The molecular weight excluding hydrogens is 208 g/mol. The van der Waals surface area contributed by atoms with Crippen LogP contribution in [0.4, 0.5) is 0 Å². The molecule has 0 aromatic carbocycles. The van der Waals surface area contributed by atoms with Gasteiger partial charge in [-0.2, -0.15) is 0 Å². The summed E-state index contributed by atoms with van der Waals surface area (Å²) in [5.41, 5.74) is 5.51. The fourth-order valence-electron chi connectivity index (χ4n) is 1.84. The van der Waals surface area contributed by atoms with Gasteiger partial charge in [-0.25, -0.2) is 4.79 Å². The van der Waals surface area contributed by atoms with Gasteiger partial charge in [-0.15, -0.1) is 0 Å². The van der Waals surface area contributed by atoms with Crippen molar-refractivity contribution in [3.8, 4) is 0 Å². The van der Waals surface area contributed by atoms with Crippen LogP contribution in [0.3, 0.4) is 0 Å². The standard InChI is InChI=1S/C11H20N2O3/c1-11(2,3)8(12)9(14)13-6-4-5-7(13)10(15)16/h7-8H,4-6,12H2,1-3H3,(H,15,16)/t7-,8?/m0/s1. The van der Waals surface area contributed by atoms with Crippen LogP contribution in [0, 0.1) is 5.41 Å². The molecule has 1 aliphatic heterocycles. The summed E-state index contributed by atoms with van der Waals surface area (Å²) in [6.45, 7) is 6.13. The molecule has 1 saturated heterocycles. The molecule has 0 aliphatic carbocycles. The number of hydrogen-bond acceptors (Lipinski definition) is 3. The molecule has 3 N–H and O–H groups in total. The number of hydrogen-bond donors (Lipinski definition) is 2. The number of carboxylic acids is 1. The minimum atomic E-state index is -0.938. The van der Waals surface area contributed by atoms with Crippen LogP contribution < -0.4 is 5.73 Å². The Morgan fingerprint density at radius 1 is 1.44 bits per heavy atom. The van der Waals surface area contributed by atoms with Crippen molar-refractivity contribution >= 4 is 11.9 Å². The maximum atomic E-state index is 12.0. The lowest BCUT2D eigenvalue weighted by atomic mass is 9.86. The van der Waals surface area contributed by atoms with Gasteiger partial charge in [0.05, 0.1) is 6.04 Å². The van der Waals surface area contributed by atoms with E-state index in [0.717, 1.165) is 6.42 Å². The monoisotopic (exact) mass is 228 g/mol. The van der Waals surface area contributed by atoms with E-state index in [0.29, 0.717) is 13.0 Å². The van der Waals surface area contributed by atoms with E-state index in [2.05, 4.69) is 0 Å². The summed E-state index contributed by atoms with van der Waals surface area (Å²) in [6.07, 6.45) is 1.26. The number of carboxylic acid groups (broad SMARTS) is 1. The Kier molecular flexibility index (Phi) is 3.57. The highest BCUT2D eigenvalue weighted by atomic mass is 16.4. The average Bonchev–Trinajstić information content (AvgIpc) is 2.62. The van der Waals surface area contributed by atoms with Crippen molar-refractivity contribution in [3.63, 3.8) is 0 Å². The van der Waals surface area contributed by atoms with Gasteiger partial charge in [0, 0.05) is 6.54 Å². The van der Waals surface area contributed by atoms with Crippen LogP contribution in [0.2, 0.25) is 0 Å². The van der Waals surface area contributed by atoms with Crippen LogP contribution in [0.5, 0.6) is 0 Å². The molecule has 5 nitrogen and oxygen atoms in total. The van der Waals surface area contributed by atoms with Crippen molar-refractivity contribution < 1.29 is 14.7 Å². The maximum absolute atomic E-state index is 12.0. The molecule has 0 saturated carbocycles. The molecule has 5 heteroatoms. The zero-order chi connectivity index (χ0) is 12.5. The van der Waals surface area contributed by atoms with Crippen LogP contribution in [0.1, 0.15) is 33.6 Å². The van der Waals surface area contributed by atoms with Gasteiger partial charge in [0.2, 0.25) is 5.91 Å². The zero-order valence-corrected chi connectivity index (χ0v) is 10.1. The van der Waals surface area contributed by atoms with Gasteiger partial charge >= 0.3 is 5.97 Å². The second kappa shape index (κ2) is 4.41. The topological polar surface area (TPSA) is 83.6 Å². The molecular formula is C11H20N2O3. The Bertz CT molecular complexity index is 296. The van der Waals surface area contributed by atoms with Crippen LogP contribution >= 0.6 is 0 Å². The molecule has 0 aromatic rings. The lowest BCUT2D eigenvalue weighted by Gasteiger charge is -2.31. The van der Waals surface area contributed by atoms with Gasteiger partial charge in [0.15, 0.2) is 0 Å². The molecule has 0 spiro atoms. The van der Waals surface area contributed by atoms with Crippen molar-refractivity contribution in [2.24, 2.45) is 11.1 Å². The molecule has 1 heterocycles. The van der Waals surface area contributed by atoms with Crippen molar-refractivity contribution in [3.05, 3.63) is 0 Å². The Hall–Kier alpha value is -1.10. The van der Waals surface area contributed by atoms with Gasteiger partial charge in [0.1, 0.15) is 6.04 Å². The number of nitrogens with two attached hydrogens (primary N) is 1. The lowest BCUT2D eigenvalue weighted by Crippen LogP contribution is -2.53. The first-order chi connectivity index (χ1) is 7.25. The minimum absolute atomic E-state index is 0.252. The fraction of sp³-hybridized carbons (Fsp3) is 0.818. The van der Waals surface area contributed by atoms with Crippen LogP contribution in [-0.4, -0.2) is 40.5 Å². The molecule has 1 unspecified atom stereocenters. The Morgan fingerprint density at radius 2 is 2.00 bits per heavy atom. The molecule has 92 valence electrons. The second-order valence-electron chi connectivity index (χ2n) is 5.37. The molecule has 1 amide bonds. The van der Waals surface area contributed by atoms with E-state index in [1.165, 1.54) is 4.90 Å². The summed E-state index contributed by atoms with van der Waals surface area (Å²) in [5.74, 6) is -1.19. The molecule has 2 atom stereocenters. The van der Waals surface area contributed by atoms with Crippen molar-refractivity contribution in [1.29, 1.82) is 0 Å². The number of likely N-dealkylation sites (tertiary alicyclic amines) is 1. The minimum Gasteiger partial charge on any atom is -0.480 e. The highest BCUT2D eigenvalue weighted by Crippen LogP contribution is 2.24. The van der Waals surface area contributed by atoms with Gasteiger partial charge in [-0.05, 0) is 18.3 Å². The van der Waals surface area contributed by atoms with Gasteiger partial charge in [-0.1, -0.05) is 20.8 Å². The van der Waals surface area contributed by atoms with Gasteiger partial charge in [0.25, 0.3) is 0 Å². The van der Waals surface area contributed by atoms with Gasteiger partial charge in [-0.3, -0.25) is 4.79 Å². The van der Waals surface area contributed by atoms with Crippen molar-refractivity contribution in [1.82, 2.24) is 4.90 Å². The zero-order valence-electron chi connectivity index (χ0n) is 10.1. The van der Waals surface area contributed by atoms with E-state index in [-0.39, 0.29) is 11.3 Å². The third kappa shape index (κ3) is 2.52. The number of carbonyl (C=O) groups is 2. The van der Waals surface area contributed by atoms with E-state index in [4.69, 9.17) is 10.8 Å².